The fraction of sp³-hybridized carbons (Fsp3) is 0.846. The minimum atomic E-state index is 0.559. The molecular formula is C13H23N. The van der Waals surface area contributed by atoms with Crippen molar-refractivity contribution < 1.29 is 0 Å². The molecule has 0 bridgehead atoms. The molecule has 2 rings (SSSR count). The van der Waals surface area contributed by atoms with Gasteiger partial charge in [0.1, 0.15) is 0 Å². The molecule has 2 aliphatic carbocycles. The maximum atomic E-state index is 3.82. The molecular weight excluding hydrogens is 170 g/mol. The lowest BCUT2D eigenvalue weighted by molar-refractivity contribution is 0.353. The van der Waals surface area contributed by atoms with E-state index in [1.807, 2.05) is 0 Å². The van der Waals surface area contributed by atoms with E-state index in [1.54, 1.807) is 0 Å². The van der Waals surface area contributed by atoms with Crippen LogP contribution >= 0.6 is 0 Å². The minimum Gasteiger partial charge on any atom is -0.310 e. The van der Waals surface area contributed by atoms with Crippen LogP contribution in [0.2, 0.25) is 0 Å². The Morgan fingerprint density at radius 1 is 1.14 bits per heavy atom. The third-order valence-electron chi connectivity index (χ3n) is 3.79. The van der Waals surface area contributed by atoms with Crippen molar-refractivity contribution in [1.82, 2.24) is 5.32 Å². The molecule has 1 heteroatoms. The van der Waals surface area contributed by atoms with Crippen molar-refractivity contribution in [1.29, 1.82) is 0 Å². The fourth-order valence-electron chi connectivity index (χ4n) is 3.17. The average Bonchev–Trinajstić information content (AvgIpc) is 2.61. The first-order chi connectivity index (χ1) is 6.57. The number of nitrogens with one attached hydrogen (secondary N) is 1. The van der Waals surface area contributed by atoms with Gasteiger partial charge in [-0.3, -0.25) is 0 Å². The maximum absolute atomic E-state index is 3.82. The van der Waals surface area contributed by atoms with Gasteiger partial charge in [-0.05, 0) is 37.0 Å². The average molecular weight is 193 g/mol. The molecule has 1 N–H and O–H groups in total. The molecule has 2 atom stereocenters. The lowest BCUT2D eigenvalue weighted by Crippen LogP contribution is -2.38. The third-order valence-corrected chi connectivity index (χ3v) is 3.79. The van der Waals surface area contributed by atoms with Crippen LogP contribution in [-0.4, -0.2) is 12.1 Å². The monoisotopic (exact) mass is 193 g/mol. The van der Waals surface area contributed by atoms with Gasteiger partial charge in [-0.2, -0.15) is 0 Å². The number of hydrogen-bond acceptors (Lipinski definition) is 1. The molecule has 2 unspecified atom stereocenters. The van der Waals surface area contributed by atoms with Crippen LogP contribution in [-0.2, 0) is 0 Å². The quantitative estimate of drug-likeness (QED) is 0.664. The van der Waals surface area contributed by atoms with E-state index in [4.69, 9.17) is 0 Å². The largest absolute Gasteiger partial charge is 0.310 e. The molecule has 0 aromatic carbocycles. The Morgan fingerprint density at radius 2 is 1.79 bits per heavy atom. The number of hydrogen-bond donors (Lipinski definition) is 1. The Labute approximate surface area is 88.0 Å². The summed E-state index contributed by atoms with van der Waals surface area (Å²) in [6.07, 6.45) is 9.83. The van der Waals surface area contributed by atoms with Gasteiger partial charge < -0.3 is 5.32 Å². The van der Waals surface area contributed by atoms with Crippen LogP contribution in [0.25, 0.3) is 0 Å². The summed E-state index contributed by atoms with van der Waals surface area (Å²) < 4.78 is 0. The van der Waals surface area contributed by atoms with E-state index in [2.05, 4.69) is 38.2 Å². The van der Waals surface area contributed by atoms with Crippen LogP contribution in [0, 0.1) is 11.3 Å². The van der Waals surface area contributed by atoms with Crippen LogP contribution in [0.1, 0.15) is 46.5 Å². The molecule has 0 spiro atoms. The highest BCUT2D eigenvalue weighted by atomic mass is 15.0. The first kappa shape index (κ1) is 10.2. The summed E-state index contributed by atoms with van der Waals surface area (Å²) in [5, 5.41) is 3.82. The van der Waals surface area contributed by atoms with Crippen LogP contribution in [0.15, 0.2) is 12.2 Å². The Hall–Kier alpha value is -0.300. The van der Waals surface area contributed by atoms with Crippen molar-refractivity contribution >= 4 is 0 Å². The minimum absolute atomic E-state index is 0.559. The van der Waals surface area contributed by atoms with Gasteiger partial charge >= 0.3 is 0 Å². The summed E-state index contributed by atoms with van der Waals surface area (Å²) in [6.45, 7) is 7.20. The smallest absolute Gasteiger partial charge is 0.0139 e. The van der Waals surface area contributed by atoms with E-state index in [9.17, 15) is 0 Å². The molecule has 0 heterocycles. The van der Waals surface area contributed by atoms with Gasteiger partial charge in [-0.1, -0.05) is 32.9 Å². The number of rotatable bonds is 2. The summed E-state index contributed by atoms with van der Waals surface area (Å²) in [4.78, 5) is 0. The topological polar surface area (TPSA) is 12.0 Å². The molecule has 0 saturated heterocycles. The first-order valence-corrected chi connectivity index (χ1v) is 5.98. The van der Waals surface area contributed by atoms with Crippen molar-refractivity contribution in [2.24, 2.45) is 11.3 Å². The van der Waals surface area contributed by atoms with Crippen molar-refractivity contribution in [2.45, 2.75) is 58.5 Å². The highest BCUT2D eigenvalue weighted by Gasteiger charge is 2.37. The van der Waals surface area contributed by atoms with E-state index in [1.165, 1.54) is 25.7 Å². The highest BCUT2D eigenvalue weighted by Crippen LogP contribution is 2.41. The van der Waals surface area contributed by atoms with E-state index >= 15 is 0 Å². The second-order valence-electron chi connectivity index (χ2n) is 5.96. The zero-order valence-corrected chi connectivity index (χ0v) is 9.72. The molecule has 1 saturated carbocycles. The molecule has 0 amide bonds. The second kappa shape index (κ2) is 3.69. The molecule has 0 aromatic heterocycles. The third kappa shape index (κ3) is 2.20. The molecule has 1 fully saturated rings. The van der Waals surface area contributed by atoms with Gasteiger partial charge in [0.05, 0.1) is 0 Å². The van der Waals surface area contributed by atoms with Gasteiger partial charge in [-0.15, -0.1) is 0 Å². The van der Waals surface area contributed by atoms with E-state index in [0.29, 0.717) is 5.41 Å². The molecule has 1 nitrogen and oxygen atoms in total. The van der Waals surface area contributed by atoms with Crippen molar-refractivity contribution in [3.63, 3.8) is 0 Å². The normalized spacial score (nSPS) is 36.8. The molecule has 0 radical (unpaired) electrons. The molecule has 2 aliphatic rings. The molecule has 80 valence electrons. The lowest BCUT2D eigenvalue weighted by atomic mass is 9.91. The Morgan fingerprint density at radius 3 is 2.29 bits per heavy atom. The summed E-state index contributed by atoms with van der Waals surface area (Å²) in [5.41, 5.74) is 0.559. The fourth-order valence-corrected chi connectivity index (χ4v) is 3.17. The SMILES string of the molecule is CC1CC(C)(C)CC1NC1CC=CC1. The van der Waals surface area contributed by atoms with E-state index in [-0.39, 0.29) is 0 Å². The van der Waals surface area contributed by atoms with Gasteiger partial charge in [0.15, 0.2) is 0 Å². The second-order valence-corrected chi connectivity index (χ2v) is 5.96. The summed E-state index contributed by atoms with van der Waals surface area (Å²) >= 11 is 0. The van der Waals surface area contributed by atoms with Gasteiger partial charge in [0.2, 0.25) is 0 Å². The maximum Gasteiger partial charge on any atom is 0.0139 e. The first-order valence-electron chi connectivity index (χ1n) is 5.98. The van der Waals surface area contributed by atoms with Crippen LogP contribution in [0.5, 0.6) is 0 Å². The van der Waals surface area contributed by atoms with Crippen LogP contribution in [0.3, 0.4) is 0 Å². The summed E-state index contributed by atoms with van der Waals surface area (Å²) in [5.74, 6) is 0.852. The Kier molecular flexibility index (Phi) is 2.70. The van der Waals surface area contributed by atoms with Crippen molar-refractivity contribution in [3.8, 4) is 0 Å². The summed E-state index contributed by atoms with van der Waals surface area (Å²) in [6, 6.07) is 1.49. The van der Waals surface area contributed by atoms with Gasteiger partial charge in [0.25, 0.3) is 0 Å². The standard InChI is InChI=1S/C13H23N/c1-10-8-13(2,3)9-12(10)14-11-6-4-5-7-11/h4-5,10-12,14H,6-9H2,1-3H3. The van der Waals surface area contributed by atoms with Gasteiger partial charge in [0, 0.05) is 12.1 Å². The Bertz CT molecular complexity index is 221. The molecule has 0 aliphatic heterocycles. The highest BCUT2D eigenvalue weighted by molar-refractivity contribution is 5.01. The predicted octanol–water partition coefficient (Wildman–Crippen LogP) is 3.12. The predicted molar refractivity (Wildman–Crippen MR) is 61.3 cm³/mol. The summed E-state index contributed by atoms with van der Waals surface area (Å²) in [7, 11) is 0. The van der Waals surface area contributed by atoms with Crippen molar-refractivity contribution in [3.05, 3.63) is 12.2 Å². The zero-order valence-electron chi connectivity index (χ0n) is 9.72. The lowest BCUT2D eigenvalue weighted by Gasteiger charge is -2.22. The molecule has 0 aromatic rings. The molecule has 14 heavy (non-hydrogen) atoms. The van der Waals surface area contributed by atoms with Gasteiger partial charge in [-0.25, -0.2) is 0 Å². The van der Waals surface area contributed by atoms with Crippen LogP contribution < -0.4 is 5.32 Å². The zero-order chi connectivity index (χ0) is 10.2. The van der Waals surface area contributed by atoms with Crippen molar-refractivity contribution in [2.75, 3.05) is 0 Å². The Balaban J connectivity index is 1.86. The van der Waals surface area contributed by atoms with Crippen LogP contribution in [0.4, 0.5) is 0 Å². The van der Waals surface area contributed by atoms with E-state index < -0.39 is 0 Å². The van der Waals surface area contributed by atoms with E-state index in [0.717, 1.165) is 18.0 Å².